The summed E-state index contributed by atoms with van der Waals surface area (Å²) in [6.45, 7) is 4.78. The molecular weight excluding hydrogens is 539 g/mol. The Bertz CT molecular complexity index is 1400. The highest BCUT2D eigenvalue weighted by Gasteiger charge is 2.28. The van der Waals surface area contributed by atoms with Crippen LogP contribution in [0.5, 0.6) is 5.75 Å². The monoisotopic (exact) mass is 568 g/mol. The standard InChI is InChI=1S/C27H29FN6O5S/c1-16(26(30)38)34(20-7-5-19(28)6-8-20)27-31-25(29)24(40-27)23(37)18-3-9-21(10-4-18)39-15-22(36)33-13-11-32(12-14-33)17(2)35/h3-10,16H,11-15,29H2,1-2H3,(H2,30,38). The van der Waals surface area contributed by atoms with E-state index in [2.05, 4.69) is 4.98 Å². The first kappa shape index (κ1) is 28.5. The zero-order chi connectivity index (χ0) is 29.0. The van der Waals surface area contributed by atoms with Crippen LogP contribution in [0.4, 0.5) is 21.0 Å². The van der Waals surface area contributed by atoms with Crippen LogP contribution in [0, 0.1) is 5.82 Å². The molecule has 3 aromatic rings. The van der Waals surface area contributed by atoms with E-state index >= 15 is 0 Å². The number of amides is 3. The smallest absolute Gasteiger partial charge is 0.260 e. The molecule has 2 heterocycles. The summed E-state index contributed by atoms with van der Waals surface area (Å²) in [5.41, 5.74) is 12.4. The fourth-order valence-corrected chi connectivity index (χ4v) is 5.20. The number of benzene rings is 2. The van der Waals surface area contributed by atoms with Crippen molar-refractivity contribution in [1.29, 1.82) is 0 Å². The normalized spacial score (nSPS) is 14.0. The quantitative estimate of drug-likeness (QED) is 0.373. The van der Waals surface area contributed by atoms with Crippen molar-refractivity contribution in [3.05, 3.63) is 64.8 Å². The van der Waals surface area contributed by atoms with Crippen molar-refractivity contribution in [3.8, 4) is 5.75 Å². The van der Waals surface area contributed by atoms with E-state index in [0.29, 0.717) is 43.2 Å². The van der Waals surface area contributed by atoms with E-state index < -0.39 is 23.5 Å². The van der Waals surface area contributed by atoms with Crippen molar-refractivity contribution in [2.24, 2.45) is 5.73 Å². The number of nitrogen functional groups attached to an aromatic ring is 1. The van der Waals surface area contributed by atoms with E-state index in [9.17, 15) is 23.6 Å². The van der Waals surface area contributed by atoms with Gasteiger partial charge in [-0.05, 0) is 55.5 Å². The Balaban J connectivity index is 1.43. The third-order valence-corrected chi connectivity index (χ3v) is 7.58. The zero-order valence-corrected chi connectivity index (χ0v) is 22.8. The molecule has 0 saturated carbocycles. The number of hydrogen-bond donors (Lipinski definition) is 2. The molecule has 0 radical (unpaired) electrons. The lowest BCUT2D eigenvalue weighted by Crippen LogP contribution is -2.51. The summed E-state index contributed by atoms with van der Waals surface area (Å²) in [7, 11) is 0. The summed E-state index contributed by atoms with van der Waals surface area (Å²) in [5.74, 6) is -1.30. The van der Waals surface area contributed by atoms with Crippen LogP contribution in [0.1, 0.15) is 29.1 Å². The molecule has 1 unspecified atom stereocenters. The predicted octanol–water partition coefficient (Wildman–Crippen LogP) is 2.18. The number of ether oxygens (including phenoxy) is 1. The van der Waals surface area contributed by atoms with Crippen molar-refractivity contribution in [3.63, 3.8) is 0 Å². The van der Waals surface area contributed by atoms with Crippen LogP contribution < -0.4 is 21.1 Å². The number of halogens is 1. The molecule has 1 aliphatic heterocycles. The maximum atomic E-state index is 13.5. The number of thiazole rings is 1. The molecule has 1 saturated heterocycles. The molecule has 1 aliphatic rings. The number of carbonyl (C=O) groups is 4. The Hall–Kier alpha value is -4.52. The molecule has 0 spiro atoms. The van der Waals surface area contributed by atoms with E-state index in [4.69, 9.17) is 16.2 Å². The van der Waals surface area contributed by atoms with Crippen molar-refractivity contribution in [2.75, 3.05) is 43.4 Å². The molecule has 1 fully saturated rings. The molecule has 210 valence electrons. The Morgan fingerprint density at radius 1 is 1.02 bits per heavy atom. The number of aromatic nitrogens is 1. The number of anilines is 3. The molecule has 11 nitrogen and oxygen atoms in total. The molecule has 2 aromatic carbocycles. The number of ketones is 1. The van der Waals surface area contributed by atoms with Crippen LogP contribution >= 0.6 is 11.3 Å². The maximum Gasteiger partial charge on any atom is 0.260 e. The minimum Gasteiger partial charge on any atom is -0.484 e. The van der Waals surface area contributed by atoms with Gasteiger partial charge in [-0.3, -0.25) is 19.2 Å². The molecule has 40 heavy (non-hydrogen) atoms. The number of nitrogens with zero attached hydrogens (tertiary/aromatic N) is 4. The summed E-state index contributed by atoms with van der Waals surface area (Å²) in [4.78, 5) is 58.5. The predicted molar refractivity (Wildman–Crippen MR) is 148 cm³/mol. The van der Waals surface area contributed by atoms with Crippen LogP contribution in [-0.2, 0) is 14.4 Å². The van der Waals surface area contributed by atoms with Gasteiger partial charge < -0.3 is 30.9 Å². The number of piperazine rings is 1. The number of nitrogens with two attached hydrogens (primary N) is 2. The molecule has 13 heteroatoms. The van der Waals surface area contributed by atoms with Crippen LogP contribution in [0.25, 0.3) is 0 Å². The van der Waals surface area contributed by atoms with Crippen LogP contribution in [0.3, 0.4) is 0 Å². The summed E-state index contributed by atoms with van der Waals surface area (Å²) in [6, 6.07) is 10.8. The van der Waals surface area contributed by atoms with Crippen molar-refractivity contribution in [2.45, 2.75) is 19.9 Å². The number of primary amides is 1. The molecule has 3 amide bonds. The molecule has 0 aliphatic carbocycles. The van der Waals surface area contributed by atoms with Gasteiger partial charge in [0.2, 0.25) is 17.6 Å². The molecule has 4 rings (SSSR count). The molecule has 0 bridgehead atoms. The number of carbonyl (C=O) groups excluding carboxylic acids is 4. The van der Waals surface area contributed by atoms with E-state index in [-0.39, 0.29) is 34.2 Å². The van der Waals surface area contributed by atoms with Crippen LogP contribution in [0.2, 0.25) is 0 Å². The second-order valence-corrected chi connectivity index (χ2v) is 10.1. The molecule has 4 N–H and O–H groups in total. The van der Waals surface area contributed by atoms with Crippen molar-refractivity contribution < 1.29 is 28.3 Å². The average molecular weight is 569 g/mol. The van der Waals surface area contributed by atoms with Gasteiger partial charge in [-0.25, -0.2) is 9.37 Å². The van der Waals surface area contributed by atoms with Crippen molar-refractivity contribution >= 4 is 51.5 Å². The summed E-state index contributed by atoms with van der Waals surface area (Å²) < 4.78 is 19.1. The topological polar surface area (TPSA) is 152 Å². The summed E-state index contributed by atoms with van der Waals surface area (Å²) in [5, 5.41) is 0.251. The lowest BCUT2D eigenvalue weighted by molar-refractivity contribution is -0.139. The Morgan fingerprint density at radius 2 is 1.62 bits per heavy atom. The van der Waals surface area contributed by atoms with Crippen molar-refractivity contribution in [1.82, 2.24) is 14.8 Å². The van der Waals surface area contributed by atoms with Gasteiger partial charge in [0.15, 0.2) is 11.7 Å². The van der Waals surface area contributed by atoms with Gasteiger partial charge in [-0.15, -0.1) is 0 Å². The van der Waals surface area contributed by atoms with E-state index in [1.54, 1.807) is 41.0 Å². The Labute approximate surface area is 234 Å². The van der Waals surface area contributed by atoms with E-state index in [0.717, 1.165) is 11.3 Å². The van der Waals surface area contributed by atoms with Crippen LogP contribution in [0.15, 0.2) is 48.5 Å². The fourth-order valence-electron chi connectivity index (χ4n) is 4.16. The Morgan fingerprint density at radius 3 is 2.20 bits per heavy atom. The van der Waals surface area contributed by atoms with E-state index in [1.807, 2.05) is 0 Å². The lowest BCUT2D eigenvalue weighted by Gasteiger charge is -2.34. The minimum atomic E-state index is -0.851. The van der Waals surface area contributed by atoms with Crippen LogP contribution in [-0.4, -0.2) is 77.1 Å². The molecule has 1 atom stereocenters. The van der Waals surface area contributed by atoms with Gasteiger partial charge >= 0.3 is 0 Å². The SMILES string of the molecule is CC(=O)N1CCN(C(=O)COc2ccc(C(=O)c3sc(N(c4ccc(F)cc4)C(C)C(N)=O)nc3N)cc2)CC1. The average Bonchev–Trinajstić information content (AvgIpc) is 3.33. The first-order valence-electron chi connectivity index (χ1n) is 12.5. The highest BCUT2D eigenvalue weighted by molar-refractivity contribution is 7.18. The second kappa shape index (κ2) is 12.1. The van der Waals surface area contributed by atoms with Gasteiger partial charge in [0, 0.05) is 44.4 Å². The number of hydrogen-bond acceptors (Lipinski definition) is 9. The first-order valence-corrected chi connectivity index (χ1v) is 13.3. The highest BCUT2D eigenvalue weighted by Crippen LogP contribution is 2.36. The van der Waals surface area contributed by atoms with Gasteiger partial charge in [0.05, 0.1) is 0 Å². The first-order chi connectivity index (χ1) is 19.0. The fraction of sp³-hybridized carbons (Fsp3) is 0.296. The van der Waals surface area contributed by atoms with Gasteiger partial charge in [0.1, 0.15) is 28.3 Å². The maximum absolute atomic E-state index is 13.5. The number of rotatable bonds is 9. The highest BCUT2D eigenvalue weighted by atomic mass is 32.1. The van der Waals surface area contributed by atoms with Gasteiger partial charge in [-0.1, -0.05) is 11.3 Å². The van der Waals surface area contributed by atoms with E-state index in [1.165, 1.54) is 36.1 Å². The zero-order valence-electron chi connectivity index (χ0n) is 22.0. The lowest BCUT2D eigenvalue weighted by atomic mass is 10.1. The second-order valence-electron chi connectivity index (χ2n) is 9.16. The molecular formula is C27H29FN6O5S. The summed E-state index contributed by atoms with van der Waals surface area (Å²) in [6.07, 6.45) is 0. The summed E-state index contributed by atoms with van der Waals surface area (Å²) >= 11 is 0.984. The molecule has 1 aromatic heterocycles. The van der Waals surface area contributed by atoms with Gasteiger partial charge in [-0.2, -0.15) is 0 Å². The largest absolute Gasteiger partial charge is 0.484 e. The minimum absolute atomic E-state index is 0.0141. The third-order valence-electron chi connectivity index (χ3n) is 6.51. The third kappa shape index (κ3) is 6.37. The Kier molecular flexibility index (Phi) is 8.63. The van der Waals surface area contributed by atoms with Gasteiger partial charge in [0.25, 0.3) is 5.91 Å².